The summed E-state index contributed by atoms with van der Waals surface area (Å²) in [4.78, 5) is 14.8. The second-order valence-electron chi connectivity index (χ2n) is 7.95. The fourth-order valence-corrected chi connectivity index (χ4v) is 4.52. The summed E-state index contributed by atoms with van der Waals surface area (Å²) >= 11 is 0. The molecular weight excluding hydrogens is 348 g/mol. The number of hydrogen-bond acceptors (Lipinski definition) is 3. The molecule has 0 radical (unpaired) electrons. The lowest BCUT2D eigenvalue weighted by atomic mass is 9.85. The molecule has 1 N–H and O–H groups in total. The molecule has 1 unspecified atom stereocenters. The fourth-order valence-electron chi connectivity index (χ4n) is 4.52. The van der Waals surface area contributed by atoms with Crippen LogP contribution in [0.2, 0.25) is 0 Å². The van der Waals surface area contributed by atoms with Gasteiger partial charge < -0.3 is 15.0 Å². The molecular formula is C24H30N2O2. The third-order valence-electron chi connectivity index (χ3n) is 6.14. The second kappa shape index (κ2) is 8.89. The molecule has 2 aromatic carbocycles. The van der Waals surface area contributed by atoms with Gasteiger partial charge in [-0.15, -0.1) is 0 Å². The molecule has 2 aliphatic rings. The molecule has 1 atom stereocenters. The van der Waals surface area contributed by atoms with Crippen molar-refractivity contribution >= 4 is 5.91 Å². The Morgan fingerprint density at radius 1 is 1.07 bits per heavy atom. The van der Waals surface area contributed by atoms with Gasteiger partial charge in [0, 0.05) is 25.3 Å². The van der Waals surface area contributed by atoms with Gasteiger partial charge in [-0.1, -0.05) is 30.3 Å². The van der Waals surface area contributed by atoms with Crippen molar-refractivity contribution in [1.29, 1.82) is 0 Å². The molecule has 1 saturated heterocycles. The summed E-state index contributed by atoms with van der Waals surface area (Å²) in [5, 5.41) is 2.86. The van der Waals surface area contributed by atoms with Crippen molar-refractivity contribution in [3.8, 4) is 11.1 Å². The highest BCUT2D eigenvalue weighted by Gasteiger charge is 2.26. The van der Waals surface area contributed by atoms with E-state index in [-0.39, 0.29) is 5.91 Å². The van der Waals surface area contributed by atoms with Crippen molar-refractivity contribution in [3.05, 3.63) is 59.2 Å². The SMILES string of the molecule is COCCNC(=O)c1ccc(-c2ccc3c(c2)CCC(N2CCCC2)C3)cc1. The number of nitrogens with one attached hydrogen (secondary N) is 1. The molecule has 4 rings (SSSR count). The smallest absolute Gasteiger partial charge is 0.251 e. The zero-order chi connectivity index (χ0) is 19.3. The number of aryl methyl sites for hydroxylation is 1. The Hall–Kier alpha value is -2.17. The minimum absolute atomic E-state index is 0.0537. The van der Waals surface area contributed by atoms with Crippen molar-refractivity contribution < 1.29 is 9.53 Å². The van der Waals surface area contributed by atoms with E-state index in [2.05, 4.69) is 28.4 Å². The van der Waals surface area contributed by atoms with Crippen LogP contribution in [0.25, 0.3) is 11.1 Å². The van der Waals surface area contributed by atoms with Crippen molar-refractivity contribution in [2.45, 2.75) is 38.1 Å². The Morgan fingerprint density at radius 2 is 1.82 bits per heavy atom. The van der Waals surface area contributed by atoms with Crippen LogP contribution in [0.3, 0.4) is 0 Å². The van der Waals surface area contributed by atoms with Gasteiger partial charge in [0.25, 0.3) is 5.91 Å². The molecule has 148 valence electrons. The lowest BCUT2D eigenvalue weighted by Crippen LogP contribution is -2.37. The van der Waals surface area contributed by atoms with Crippen LogP contribution in [0, 0.1) is 0 Å². The highest BCUT2D eigenvalue weighted by atomic mass is 16.5. The normalized spacial score (nSPS) is 19.4. The standard InChI is InChI=1S/C24H30N2O2/c1-28-15-12-25-24(27)19-6-4-18(5-7-19)20-8-9-22-17-23(11-10-21(22)16-20)26-13-2-3-14-26/h4-9,16,23H,2-3,10-15,17H2,1H3,(H,25,27). The Bertz CT molecular complexity index is 810. The summed E-state index contributed by atoms with van der Waals surface area (Å²) in [7, 11) is 1.63. The van der Waals surface area contributed by atoms with Gasteiger partial charge in [0.15, 0.2) is 0 Å². The van der Waals surface area contributed by atoms with Crippen LogP contribution in [0.15, 0.2) is 42.5 Å². The van der Waals surface area contributed by atoms with Crippen LogP contribution >= 0.6 is 0 Å². The minimum Gasteiger partial charge on any atom is -0.383 e. The van der Waals surface area contributed by atoms with Gasteiger partial charge in [0.05, 0.1) is 6.61 Å². The van der Waals surface area contributed by atoms with Gasteiger partial charge >= 0.3 is 0 Å². The molecule has 1 aliphatic heterocycles. The number of carbonyl (C=O) groups is 1. The molecule has 1 fully saturated rings. The molecule has 28 heavy (non-hydrogen) atoms. The summed E-state index contributed by atoms with van der Waals surface area (Å²) in [5.41, 5.74) is 6.10. The average Bonchev–Trinajstić information content (AvgIpc) is 3.28. The van der Waals surface area contributed by atoms with Crippen molar-refractivity contribution in [2.24, 2.45) is 0 Å². The first-order valence-corrected chi connectivity index (χ1v) is 10.5. The number of likely N-dealkylation sites (tertiary alicyclic amines) is 1. The van der Waals surface area contributed by atoms with Gasteiger partial charge in [0.1, 0.15) is 0 Å². The molecule has 1 aliphatic carbocycles. The number of ether oxygens (including phenoxy) is 1. The van der Waals surface area contributed by atoms with Crippen molar-refractivity contribution in [3.63, 3.8) is 0 Å². The lowest BCUT2D eigenvalue weighted by molar-refractivity contribution is 0.0937. The fraction of sp³-hybridized carbons (Fsp3) is 0.458. The number of carbonyl (C=O) groups excluding carboxylic acids is 1. The first-order chi connectivity index (χ1) is 13.7. The summed E-state index contributed by atoms with van der Waals surface area (Å²) in [6, 6.07) is 15.5. The lowest BCUT2D eigenvalue weighted by Gasteiger charge is -2.32. The van der Waals surface area contributed by atoms with E-state index in [1.165, 1.54) is 61.9 Å². The molecule has 0 saturated carbocycles. The van der Waals surface area contributed by atoms with Crippen molar-refractivity contribution in [1.82, 2.24) is 10.2 Å². The first-order valence-electron chi connectivity index (χ1n) is 10.5. The van der Waals surface area contributed by atoms with Crippen LogP contribution in [0.4, 0.5) is 0 Å². The largest absolute Gasteiger partial charge is 0.383 e. The van der Waals surface area contributed by atoms with Crippen LogP contribution in [-0.4, -0.2) is 50.2 Å². The Morgan fingerprint density at radius 3 is 2.57 bits per heavy atom. The van der Waals surface area contributed by atoms with Gasteiger partial charge in [-0.05, 0) is 79.6 Å². The number of fused-ring (bicyclic) bond motifs is 1. The Labute approximate surface area is 167 Å². The third-order valence-corrected chi connectivity index (χ3v) is 6.14. The number of rotatable bonds is 6. The predicted molar refractivity (Wildman–Crippen MR) is 113 cm³/mol. The molecule has 2 aromatic rings. The van der Waals surface area contributed by atoms with E-state index in [9.17, 15) is 4.79 Å². The van der Waals surface area contributed by atoms with Gasteiger partial charge in [0.2, 0.25) is 0 Å². The molecule has 0 aromatic heterocycles. The number of methoxy groups -OCH3 is 1. The zero-order valence-electron chi connectivity index (χ0n) is 16.7. The molecule has 4 nitrogen and oxygen atoms in total. The molecule has 0 bridgehead atoms. The summed E-state index contributed by atoms with van der Waals surface area (Å²) in [6.07, 6.45) is 6.36. The summed E-state index contributed by atoms with van der Waals surface area (Å²) < 4.78 is 4.97. The van der Waals surface area contributed by atoms with Crippen LogP contribution in [0.1, 0.15) is 40.7 Å². The third kappa shape index (κ3) is 4.29. The summed E-state index contributed by atoms with van der Waals surface area (Å²) in [6.45, 7) is 3.62. The molecule has 4 heteroatoms. The van der Waals surface area contributed by atoms with E-state index < -0.39 is 0 Å². The van der Waals surface area contributed by atoms with Crippen LogP contribution in [-0.2, 0) is 17.6 Å². The monoisotopic (exact) mass is 378 g/mol. The first kappa shape index (κ1) is 19.2. The number of hydrogen-bond donors (Lipinski definition) is 1. The predicted octanol–water partition coefficient (Wildman–Crippen LogP) is 3.68. The maximum absolute atomic E-state index is 12.1. The van der Waals surface area contributed by atoms with Gasteiger partial charge in [-0.25, -0.2) is 0 Å². The minimum atomic E-state index is -0.0537. The quantitative estimate of drug-likeness (QED) is 0.780. The summed E-state index contributed by atoms with van der Waals surface area (Å²) in [5.74, 6) is -0.0537. The van der Waals surface area contributed by atoms with E-state index in [0.717, 1.165) is 11.6 Å². The van der Waals surface area contributed by atoms with Crippen molar-refractivity contribution in [2.75, 3.05) is 33.4 Å². The number of benzene rings is 2. The van der Waals surface area contributed by atoms with E-state index in [1.54, 1.807) is 7.11 Å². The van der Waals surface area contributed by atoms with E-state index >= 15 is 0 Å². The molecule has 0 spiro atoms. The second-order valence-corrected chi connectivity index (χ2v) is 7.95. The van der Waals surface area contributed by atoms with Crippen LogP contribution in [0.5, 0.6) is 0 Å². The highest BCUT2D eigenvalue weighted by molar-refractivity contribution is 5.94. The maximum Gasteiger partial charge on any atom is 0.251 e. The molecule has 1 heterocycles. The van der Waals surface area contributed by atoms with Gasteiger partial charge in [-0.3, -0.25) is 4.79 Å². The highest BCUT2D eigenvalue weighted by Crippen LogP contribution is 2.30. The van der Waals surface area contributed by atoms with Gasteiger partial charge in [-0.2, -0.15) is 0 Å². The zero-order valence-corrected chi connectivity index (χ0v) is 16.7. The van der Waals surface area contributed by atoms with E-state index in [0.29, 0.717) is 18.7 Å². The molecule has 1 amide bonds. The van der Waals surface area contributed by atoms with E-state index in [4.69, 9.17) is 4.74 Å². The average molecular weight is 379 g/mol. The Kier molecular flexibility index (Phi) is 6.08. The number of nitrogens with zero attached hydrogens (tertiary/aromatic N) is 1. The topological polar surface area (TPSA) is 41.6 Å². The Balaban J connectivity index is 1.43. The van der Waals surface area contributed by atoms with E-state index in [1.807, 2.05) is 24.3 Å². The number of amides is 1. The van der Waals surface area contributed by atoms with Crippen LogP contribution < -0.4 is 5.32 Å². The maximum atomic E-state index is 12.1.